The van der Waals surface area contributed by atoms with Crippen molar-refractivity contribution in [3.63, 3.8) is 0 Å². The van der Waals surface area contributed by atoms with Crippen LogP contribution in [0.3, 0.4) is 0 Å². The van der Waals surface area contributed by atoms with E-state index < -0.39 is 0 Å². The minimum Gasteiger partial charge on any atom is -0.326 e. The Labute approximate surface area is 132 Å². The average Bonchev–Trinajstić information content (AvgIpc) is 3.24. The van der Waals surface area contributed by atoms with E-state index in [1.807, 2.05) is 24.3 Å². The van der Waals surface area contributed by atoms with Crippen molar-refractivity contribution in [3.05, 3.63) is 41.3 Å². The van der Waals surface area contributed by atoms with Crippen molar-refractivity contribution < 1.29 is 4.79 Å². The Kier molecular flexibility index (Phi) is 4.12. The Balaban J connectivity index is 1.75. The monoisotopic (exact) mass is 319 g/mol. The summed E-state index contributed by atoms with van der Waals surface area (Å²) in [6.45, 7) is 1.49. The molecule has 1 aliphatic rings. The van der Waals surface area contributed by atoms with Gasteiger partial charge in [-0.25, -0.2) is 9.97 Å². The zero-order chi connectivity index (χ0) is 14.8. The van der Waals surface area contributed by atoms with Crippen LogP contribution in [-0.2, 0) is 4.79 Å². The molecule has 1 heterocycles. The van der Waals surface area contributed by atoms with Gasteiger partial charge in [0, 0.05) is 29.5 Å². The molecule has 0 saturated heterocycles. The number of nitrogens with one attached hydrogen (secondary N) is 1. The number of benzene rings is 1. The molecule has 6 heteroatoms. The van der Waals surface area contributed by atoms with Crippen LogP contribution in [0.15, 0.2) is 40.3 Å². The third-order valence-electron chi connectivity index (χ3n) is 3.03. The van der Waals surface area contributed by atoms with E-state index in [-0.39, 0.29) is 5.91 Å². The molecule has 1 aliphatic carbocycles. The zero-order valence-electron chi connectivity index (χ0n) is 11.5. The first-order chi connectivity index (χ1) is 10.1. The van der Waals surface area contributed by atoms with Gasteiger partial charge in [-0.1, -0.05) is 23.4 Å². The van der Waals surface area contributed by atoms with Crippen LogP contribution in [0.2, 0.25) is 5.15 Å². The van der Waals surface area contributed by atoms with Crippen LogP contribution in [0.4, 0.5) is 5.69 Å². The number of hydrogen-bond acceptors (Lipinski definition) is 4. The molecular weight excluding hydrogens is 306 g/mol. The lowest BCUT2D eigenvalue weighted by Crippen LogP contribution is -2.05. The average molecular weight is 320 g/mol. The topological polar surface area (TPSA) is 54.9 Å². The van der Waals surface area contributed by atoms with Crippen LogP contribution >= 0.6 is 23.4 Å². The molecule has 0 spiro atoms. The Morgan fingerprint density at radius 1 is 1.29 bits per heavy atom. The van der Waals surface area contributed by atoms with Crippen LogP contribution < -0.4 is 5.32 Å². The molecule has 4 nitrogen and oxygen atoms in total. The molecule has 0 bridgehead atoms. The Hall–Kier alpha value is -1.59. The highest BCUT2D eigenvalue weighted by molar-refractivity contribution is 7.99. The zero-order valence-corrected chi connectivity index (χ0v) is 13.0. The van der Waals surface area contributed by atoms with E-state index in [9.17, 15) is 4.79 Å². The van der Waals surface area contributed by atoms with E-state index in [2.05, 4.69) is 15.3 Å². The SMILES string of the molecule is CC(=O)Nc1ccc(Sc2cc(Cl)nc(C3CC3)n2)cc1. The van der Waals surface area contributed by atoms with Crippen LogP contribution in [0.5, 0.6) is 0 Å². The summed E-state index contributed by atoms with van der Waals surface area (Å²) in [5.74, 6) is 1.25. The maximum Gasteiger partial charge on any atom is 0.221 e. The summed E-state index contributed by atoms with van der Waals surface area (Å²) in [7, 11) is 0. The Morgan fingerprint density at radius 3 is 2.62 bits per heavy atom. The van der Waals surface area contributed by atoms with Gasteiger partial charge in [0.2, 0.25) is 5.91 Å². The smallest absolute Gasteiger partial charge is 0.221 e. The van der Waals surface area contributed by atoms with Gasteiger partial charge in [-0.15, -0.1) is 0 Å². The second-order valence-corrected chi connectivity index (χ2v) is 6.45. The molecule has 1 N–H and O–H groups in total. The predicted molar refractivity (Wildman–Crippen MR) is 83.9 cm³/mol. The summed E-state index contributed by atoms with van der Waals surface area (Å²) in [5, 5.41) is 4.08. The maximum atomic E-state index is 11.0. The van der Waals surface area contributed by atoms with Crippen molar-refractivity contribution in [2.45, 2.75) is 35.6 Å². The van der Waals surface area contributed by atoms with Crippen LogP contribution in [0.25, 0.3) is 0 Å². The molecule has 1 aromatic heterocycles. The van der Waals surface area contributed by atoms with Gasteiger partial charge < -0.3 is 5.32 Å². The molecule has 108 valence electrons. The summed E-state index contributed by atoms with van der Waals surface area (Å²) in [6, 6.07) is 9.41. The molecular formula is C15H14ClN3OS. The van der Waals surface area contributed by atoms with E-state index >= 15 is 0 Å². The van der Waals surface area contributed by atoms with Crippen molar-refractivity contribution in [2.24, 2.45) is 0 Å². The number of carbonyl (C=O) groups is 1. The van der Waals surface area contributed by atoms with Crippen molar-refractivity contribution >= 4 is 35.0 Å². The number of rotatable bonds is 4. The first-order valence-electron chi connectivity index (χ1n) is 6.70. The lowest BCUT2D eigenvalue weighted by Gasteiger charge is -2.06. The summed E-state index contributed by atoms with van der Waals surface area (Å²) in [4.78, 5) is 20.9. The van der Waals surface area contributed by atoms with Gasteiger partial charge in [0.1, 0.15) is 16.0 Å². The third-order valence-corrected chi connectivity index (χ3v) is 4.15. The first-order valence-corrected chi connectivity index (χ1v) is 7.89. The van der Waals surface area contributed by atoms with E-state index in [1.165, 1.54) is 6.92 Å². The fourth-order valence-corrected chi connectivity index (χ4v) is 3.00. The minimum absolute atomic E-state index is 0.0768. The van der Waals surface area contributed by atoms with Crippen molar-refractivity contribution in [2.75, 3.05) is 5.32 Å². The van der Waals surface area contributed by atoms with E-state index in [0.717, 1.165) is 34.3 Å². The normalized spacial score (nSPS) is 14.0. The molecule has 1 saturated carbocycles. The first kappa shape index (κ1) is 14.4. The van der Waals surface area contributed by atoms with Crippen LogP contribution in [-0.4, -0.2) is 15.9 Å². The quantitative estimate of drug-likeness (QED) is 0.861. The third kappa shape index (κ3) is 3.95. The predicted octanol–water partition coefficient (Wildman–Crippen LogP) is 4.12. The molecule has 21 heavy (non-hydrogen) atoms. The standard InChI is InChI=1S/C15H14ClN3OS/c1-9(20)17-11-4-6-12(7-5-11)21-14-8-13(16)18-15(19-14)10-2-3-10/h4-8,10H,2-3H2,1H3,(H,17,20). The Bertz CT molecular complexity index is 671. The van der Waals surface area contributed by atoms with Gasteiger partial charge >= 0.3 is 0 Å². The molecule has 1 amide bonds. The largest absolute Gasteiger partial charge is 0.326 e. The Morgan fingerprint density at radius 2 is 2.00 bits per heavy atom. The van der Waals surface area contributed by atoms with Crippen LogP contribution in [0, 0.1) is 0 Å². The molecule has 0 atom stereocenters. The number of hydrogen-bond donors (Lipinski definition) is 1. The summed E-state index contributed by atoms with van der Waals surface area (Å²) in [5.41, 5.74) is 0.784. The lowest BCUT2D eigenvalue weighted by molar-refractivity contribution is -0.114. The summed E-state index contributed by atoms with van der Waals surface area (Å²) in [6.07, 6.45) is 2.30. The summed E-state index contributed by atoms with van der Waals surface area (Å²) < 4.78 is 0. The van der Waals surface area contributed by atoms with Crippen molar-refractivity contribution in [3.8, 4) is 0 Å². The number of aromatic nitrogens is 2. The molecule has 1 fully saturated rings. The van der Waals surface area contributed by atoms with Gasteiger partial charge in [-0.05, 0) is 37.1 Å². The second-order valence-electron chi connectivity index (χ2n) is 4.97. The number of anilines is 1. The highest BCUT2D eigenvalue weighted by atomic mass is 35.5. The molecule has 0 unspecified atom stereocenters. The van der Waals surface area contributed by atoms with Gasteiger partial charge in [-0.3, -0.25) is 4.79 Å². The van der Waals surface area contributed by atoms with E-state index in [1.54, 1.807) is 17.8 Å². The number of halogens is 1. The van der Waals surface area contributed by atoms with Gasteiger partial charge in [0.15, 0.2) is 0 Å². The van der Waals surface area contributed by atoms with Gasteiger partial charge in [-0.2, -0.15) is 0 Å². The molecule has 0 aliphatic heterocycles. The van der Waals surface area contributed by atoms with Crippen LogP contribution in [0.1, 0.15) is 31.5 Å². The number of carbonyl (C=O) groups excluding carboxylic acids is 1. The second kappa shape index (κ2) is 6.03. The molecule has 3 rings (SSSR count). The van der Waals surface area contributed by atoms with Crippen molar-refractivity contribution in [1.82, 2.24) is 9.97 Å². The van der Waals surface area contributed by atoms with Gasteiger partial charge in [0.25, 0.3) is 0 Å². The number of nitrogens with zero attached hydrogens (tertiary/aromatic N) is 2. The number of amides is 1. The highest BCUT2D eigenvalue weighted by Crippen LogP contribution is 2.39. The molecule has 0 radical (unpaired) electrons. The van der Waals surface area contributed by atoms with E-state index in [0.29, 0.717) is 11.1 Å². The molecule has 1 aromatic carbocycles. The minimum atomic E-state index is -0.0768. The summed E-state index contributed by atoms with van der Waals surface area (Å²) >= 11 is 7.60. The lowest BCUT2D eigenvalue weighted by atomic mass is 10.3. The fourth-order valence-electron chi connectivity index (χ4n) is 1.92. The molecule has 2 aromatic rings. The maximum absolute atomic E-state index is 11.0. The van der Waals surface area contributed by atoms with Gasteiger partial charge in [0.05, 0.1) is 0 Å². The van der Waals surface area contributed by atoms with Crippen molar-refractivity contribution in [1.29, 1.82) is 0 Å². The fraction of sp³-hybridized carbons (Fsp3) is 0.267. The highest BCUT2D eigenvalue weighted by Gasteiger charge is 2.27. The van der Waals surface area contributed by atoms with E-state index in [4.69, 9.17) is 11.6 Å².